The van der Waals surface area contributed by atoms with Gasteiger partial charge in [0.25, 0.3) is 5.91 Å². The number of hydrogen-bond donors (Lipinski definition) is 1. The van der Waals surface area contributed by atoms with Crippen LogP contribution in [0.1, 0.15) is 36.0 Å². The normalized spacial score (nSPS) is 18.6. The van der Waals surface area contributed by atoms with E-state index in [1.807, 2.05) is 0 Å². The van der Waals surface area contributed by atoms with Gasteiger partial charge in [-0.2, -0.15) is 0 Å². The third-order valence-electron chi connectivity index (χ3n) is 3.68. The van der Waals surface area contributed by atoms with Gasteiger partial charge in [-0.3, -0.25) is 9.59 Å². The van der Waals surface area contributed by atoms with Gasteiger partial charge in [0, 0.05) is 31.1 Å². The van der Waals surface area contributed by atoms with E-state index in [1.54, 1.807) is 4.90 Å². The summed E-state index contributed by atoms with van der Waals surface area (Å²) < 4.78 is 26.3. The molecule has 0 bridgehead atoms. The molecular formula is C15H17F2NO3. The van der Waals surface area contributed by atoms with Crippen LogP contribution in [-0.4, -0.2) is 35.0 Å². The van der Waals surface area contributed by atoms with Gasteiger partial charge in [-0.05, 0) is 37.3 Å². The SMILES string of the molecule is O=C(O)CC[C@@H]1CCCN(C(=O)c2cc(F)cc(F)c2)C1. The predicted octanol–water partition coefficient (Wildman–Crippen LogP) is 2.68. The Balaban J connectivity index is 2.03. The lowest BCUT2D eigenvalue weighted by Crippen LogP contribution is -2.40. The minimum absolute atomic E-state index is 0.00798. The van der Waals surface area contributed by atoms with Gasteiger partial charge in [0.1, 0.15) is 11.6 Å². The minimum Gasteiger partial charge on any atom is -0.481 e. The molecule has 21 heavy (non-hydrogen) atoms. The summed E-state index contributed by atoms with van der Waals surface area (Å²) in [5.74, 6) is -2.70. The largest absolute Gasteiger partial charge is 0.481 e. The zero-order chi connectivity index (χ0) is 15.4. The second-order valence-corrected chi connectivity index (χ2v) is 5.35. The van der Waals surface area contributed by atoms with E-state index in [1.165, 1.54) is 0 Å². The molecule has 1 heterocycles. The summed E-state index contributed by atoms with van der Waals surface area (Å²) in [6.07, 6.45) is 2.22. The van der Waals surface area contributed by atoms with Crippen LogP contribution in [-0.2, 0) is 4.79 Å². The van der Waals surface area contributed by atoms with Gasteiger partial charge < -0.3 is 10.0 Å². The van der Waals surface area contributed by atoms with Gasteiger partial charge in [-0.25, -0.2) is 8.78 Å². The van der Waals surface area contributed by atoms with Crippen LogP contribution in [0.3, 0.4) is 0 Å². The first-order chi connectivity index (χ1) is 9.95. The van der Waals surface area contributed by atoms with Crippen LogP contribution in [0.5, 0.6) is 0 Å². The number of benzene rings is 1. The van der Waals surface area contributed by atoms with Crippen LogP contribution in [0.2, 0.25) is 0 Å². The van der Waals surface area contributed by atoms with Crippen molar-refractivity contribution in [3.63, 3.8) is 0 Å². The van der Waals surface area contributed by atoms with Gasteiger partial charge in [0.15, 0.2) is 0 Å². The second-order valence-electron chi connectivity index (χ2n) is 5.35. The van der Waals surface area contributed by atoms with Crippen molar-refractivity contribution in [2.24, 2.45) is 5.92 Å². The summed E-state index contributed by atoms with van der Waals surface area (Å²) >= 11 is 0. The molecule has 4 nitrogen and oxygen atoms in total. The summed E-state index contributed by atoms with van der Waals surface area (Å²) in [5.41, 5.74) is -0.00798. The number of aliphatic carboxylic acids is 1. The third kappa shape index (κ3) is 4.24. The lowest BCUT2D eigenvalue weighted by molar-refractivity contribution is -0.137. The number of nitrogens with zero attached hydrogens (tertiary/aromatic N) is 1. The molecule has 1 aromatic rings. The maximum absolute atomic E-state index is 13.2. The maximum atomic E-state index is 13.2. The van der Waals surface area contributed by atoms with E-state index in [0.29, 0.717) is 19.5 Å². The second kappa shape index (κ2) is 6.65. The molecule has 114 valence electrons. The highest BCUT2D eigenvalue weighted by molar-refractivity contribution is 5.94. The molecule has 0 spiro atoms. The van der Waals surface area contributed by atoms with Crippen molar-refractivity contribution in [2.75, 3.05) is 13.1 Å². The Morgan fingerprint density at radius 3 is 2.52 bits per heavy atom. The number of halogens is 2. The van der Waals surface area contributed by atoms with E-state index >= 15 is 0 Å². The summed E-state index contributed by atoms with van der Waals surface area (Å²) in [7, 11) is 0. The number of carbonyl (C=O) groups is 2. The Kier molecular flexibility index (Phi) is 4.88. The average Bonchev–Trinajstić information content (AvgIpc) is 2.43. The predicted molar refractivity (Wildman–Crippen MR) is 71.9 cm³/mol. The van der Waals surface area contributed by atoms with Gasteiger partial charge >= 0.3 is 5.97 Å². The topological polar surface area (TPSA) is 57.6 Å². The number of piperidine rings is 1. The van der Waals surface area contributed by atoms with Crippen LogP contribution in [0.25, 0.3) is 0 Å². The standard InChI is InChI=1S/C15H17F2NO3/c16-12-6-11(7-13(17)8-12)15(21)18-5-1-2-10(9-18)3-4-14(19)20/h6-8,10H,1-5,9H2,(H,19,20)/t10-/m0/s1. The molecule has 1 fully saturated rings. The number of carboxylic acids is 1. The zero-order valence-corrected chi connectivity index (χ0v) is 11.5. The average molecular weight is 297 g/mol. The first kappa shape index (κ1) is 15.4. The highest BCUT2D eigenvalue weighted by atomic mass is 19.1. The van der Waals surface area contributed by atoms with E-state index in [4.69, 9.17) is 5.11 Å². The monoisotopic (exact) mass is 297 g/mol. The Morgan fingerprint density at radius 2 is 1.90 bits per heavy atom. The van der Waals surface area contributed by atoms with Crippen molar-refractivity contribution >= 4 is 11.9 Å². The van der Waals surface area contributed by atoms with Crippen LogP contribution < -0.4 is 0 Å². The molecule has 1 amide bonds. The van der Waals surface area contributed by atoms with Gasteiger partial charge in [0.2, 0.25) is 0 Å². The Bertz CT molecular complexity index is 527. The number of likely N-dealkylation sites (tertiary alicyclic amines) is 1. The molecule has 0 unspecified atom stereocenters. The lowest BCUT2D eigenvalue weighted by atomic mass is 9.93. The Morgan fingerprint density at radius 1 is 1.24 bits per heavy atom. The van der Waals surface area contributed by atoms with Crippen molar-refractivity contribution in [1.29, 1.82) is 0 Å². The highest BCUT2D eigenvalue weighted by Crippen LogP contribution is 2.23. The summed E-state index contributed by atoms with van der Waals surface area (Å²) in [4.78, 5) is 24.4. The molecule has 1 aliphatic heterocycles. The van der Waals surface area contributed by atoms with Gasteiger partial charge in [-0.15, -0.1) is 0 Å². The fourth-order valence-electron chi connectivity index (χ4n) is 2.67. The molecule has 0 aliphatic carbocycles. The molecule has 0 saturated carbocycles. The fraction of sp³-hybridized carbons (Fsp3) is 0.467. The van der Waals surface area contributed by atoms with E-state index in [0.717, 1.165) is 31.0 Å². The van der Waals surface area contributed by atoms with E-state index in [2.05, 4.69) is 0 Å². The first-order valence-electron chi connectivity index (χ1n) is 6.93. The molecule has 1 aromatic carbocycles. The molecule has 2 rings (SSSR count). The van der Waals surface area contributed by atoms with Crippen molar-refractivity contribution < 1.29 is 23.5 Å². The molecule has 1 saturated heterocycles. The Labute approximate surface area is 121 Å². The number of amides is 1. The zero-order valence-electron chi connectivity index (χ0n) is 11.5. The van der Waals surface area contributed by atoms with Crippen LogP contribution >= 0.6 is 0 Å². The van der Waals surface area contributed by atoms with E-state index < -0.39 is 23.5 Å². The number of carboxylic acid groups (broad SMARTS) is 1. The van der Waals surface area contributed by atoms with Gasteiger partial charge in [0.05, 0.1) is 0 Å². The first-order valence-corrected chi connectivity index (χ1v) is 6.93. The van der Waals surface area contributed by atoms with Crippen LogP contribution in [0.15, 0.2) is 18.2 Å². The number of rotatable bonds is 4. The number of carbonyl (C=O) groups excluding carboxylic acids is 1. The molecule has 1 aliphatic rings. The van der Waals surface area contributed by atoms with Crippen molar-refractivity contribution in [3.05, 3.63) is 35.4 Å². The third-order valence-corrected chi connectivity index (χ3v) is 3.68. The van der Waals surface area contributed by atoms with E-state index in [9.17, 15) is 18.4 Å². The molecule has 1 atom stereocenters. The summed E-state index contributed by atoms with van der Waals surface area (Å²) in [5, 5.41) is 8.69. The molecular weight excluding hydrogens is 280 g/mol. The highest BCUT2D eigenvalue weighted by Gasteiger charge is 2.25. The quantitative estimate of drug-likeness (QED) is 0.929. The van der Waals surface area contributed by atoms with E-state index in [-0.39, 0.29) is 17.9 Å². The lowest BCUT2D eigenvalue weighted by Gasteiger charge is -2.32. The van der Waals surface area contributed by atoms with Crippen molar-refractivity contribution in [3.8, 4) is 0 Å². The maximum Gasteiger partial charge on any atom is 0.303 e. The van der Waals surface area contributed by atoms with Crippen molar-refractivity contribution in [1.82, 2.24) is 4.90 Å². The number of hydrogen-bond acceptors (Lipinski definition) is 2. The summed E-state index contributed by atoms with van der Waals surface area (Å²) in [6.45, 7) is 0.963. The van der Waals surface area contributed by atoms with Gasteiger partial charge in [-0.1, -0.05) is 0 Å². The Hall–Kier alpha value is -1.98. The smallest absolute Gasteiger partial charge is 0.303 e. The van der Waals surface area contributed by atoms with Crippen LogP contribution in [0, 0.1) is 17.6 Å². The molecule has 1 N–H and O–H groups in total. The van der Waals surface area contributed by atoms with Crippen molar-refractivity contribution in [2.45, 2.75) is 25.7 Å². The molecule has 6 heteroatoms. The fourth-order valence-corrected chi connectivity index (χ4v) is 2.67. The summed E-state index contributed by atoms with van der Waals surface area (Å²) in [6, 6.07) is 2.77. The molecule has 0 aromatic heterocycles. The van der Waals surface area contributed by atoms with Crippen LogP contribution in [0.4, 0.5) is 8.78 Å². The molecule has 0 radical (unpaired) electrons. The minimum atomic E-state index is -0.856.